The van der Waals surface area contributed by atoms with E-state index in [4.69, 9.17) is 11.6 Å². The maximum absolute atomic E-state index is 12.2. The van der Waals surface area contributed by atoms with Crippen molar-refractivity contribution in [1.29, 1.82) is 0 Å². The summed E-state index contributed by atoms with van der Waals surface area (Å²) in [6, 6.07) is 4.78. The first-order valence-electron chi connectivity index (χ1n) is 5.83. The van der Waals surface area contributed by atoms with Gasteiger partial charge in [-0.25, -0.2) is 13.1 Å². The van der Waals surface area contributed by atoms with E-state index in [1.165, 1.54) is 6.07 Å². The summed E-state index contributed by atoms with van der Waals surface area (Å²) in [4.78, 5) is 0.269. The third kappa shape index (κ3) is 3.03. The van der Waals surface area contributed by atoms with Crippen LogP contribution in [0, 0.1) is 0 Å². The SMILES string of the molecule is CNCc1cc(S(=O)(=O)NC2(C)CC2)ccc1Cl. The minimum atomic E-state index is -3.45. The Bertz CT molecular complexity index is 553. The van der Waals surface area contributed by atoms with Gasteiger partial charge in [-0.2, -0.15) is 0 Å². The van der Waals surface area contributed by atoms with Crippen LogP contribution in [0.2, 0.25) is 5.02 Å². The van der Waals surface area contributed by atoms with Gasteiger partial charge in [0.05, 0.1) is 4.90 Å². The van der Waals surface area contributed by atoms with Gasteiger partial charge >= 0.3 is 0 Å². The Morgan fingerprint density at radius 3 is 2.61 bits per heavy atom. The average Bonchev–Trinajstić information content (AvgIpc) is 2.98. The highest BCUT2D eigenvalue weighted by molar-refractivity contribution is 7.89. The van der Waals surface area contributed by atoms with Crippen LogP contribution in [-0.2, 0) is 16.6 Å². The van der Waals surface area contributed by atoms with Crippen molar-refractivity contribution in [3.05, 3.63) is 28.8 Å². The van der Waals surface area contributed by atoms with Crippen LogP contribution in [-0.4, -0.2) is 21.0 Å². The van der Waals surface area contributed by atoms with Crippen molar-refractivity contribution in [2.75, 3.05) is 7.05 Å². The summed E-state index contributed by atoms with van der Waals surface area (Å²) in [6.45, 7) is 2.45. The molecule has 18 heavy (non-hydrogen) atoms. The van der Waals surface area contributed by atoms with Gasteiger partial charge in [0.2, 0.25) is 10.0 Å². The molecule has 0 saturated heterocycles. The molecule has 0 bridgehead atoms. The fourth-order valence-corrected chi connectivity index (χ4v) is 3.42. The molecule has 1 fully saturated rings. The van der Waals surface area contributed by atoms with Crippen molar-refractivity contribution in [1.82, 2.24) is 10.0 Å². The highest BCUT2D eigenvalue weighted by Crippen LogP contribution is 2.36. The molecule has 0 heterocycles. The number of halogens is 1. The third-order valence-corrected chi connectivity index (χ3v) is 5.08. The molecule has 100 valence electrons. The molecule has 2 rings (SSSR count). The molecule has 1 aliphatic rings. The summed E-state index contributed by atoms with van der Waals surface area (Å²) in [5.74, 6) is 0. The minimum absolute atomic E-state index is 0.262. The molecule has 2 N–H and O–H groups in total. The topological polar surface area (TPSA) is 58.2 Å². The number of hydrogen-bond acceptors (Lipinski definition) is 3. The van der Waals surface area contributed by atoms with E-state index in [2.05, 4.69) is 10.0 Å². The van der Waals surface area contributed by atoms with Crippen molar-refractivity contribution < 1.29 is 8.42 Å². The van der Waals surface area contributed by atoms with E-state index in [9.17, 15) is 8.42 Å². The van der Waals surface area contributed by atoms with E-state index < -0.39 is 10.0 Å². The van der Waals surface area contributed by atoms with E-state index in [1.807, 2.05) is 6.92 Å². The largest absolute Gasteiger partial charge is 0.316 e. The molecule has 0 unspecified atom stereocenters. The molecule has 4 nitrogen and oxygen atoms in total. The van der Waals surface area contributed by atoms with Crippen LogP contribution < -0.4 is 10.0 Å². The van der Waals surface area contributed by atoms with Gasteiger partial charge in [0.15, 0.2) is 0 Å². The molecule has 0 atom stereocenters. The molecule has 0 aromatic heterocycles. The summed E-state index contributed by atoms with van der Waals surface area (Å²) in [5.41, 5.74) is 0.518. The first-order chi connectivity index (χ1) is 8.36. The number of rotatable bonds is 5. The summed E-state index contributed by atoms with van der Waals surface area (Å²) in [7, 11) is -1.66. The third-order valence-electron chi connectivity index (χ3n) is 3.08. The van der Waals surface area contributed by atoms with Crippen LogP contribution >= 0.6 is 11.6 Å². The molecule has 0 radical (unpaired) electrons. The molecule has 1 saturated carbocycles. The van der Waals surface area contributed by atoms with Crippen LogP contribution in [0.4, 0.5) is 0 Å². The molecule has 0 spiro atoms. The number of benzene rings is 1. The lowest BCUT2D eigenvalue weighted by Gasteiger charge is -2.13. The van der Waals surface area contributed by atoms with Gasteiger partial charge in [-0.15, -0.1) is 0 Å². The maximum atomic E-state index is 12.2. The first-order valence-corrected chi connectivity index (χ1v) is 7.69. The van der Waals surface area contributed by atoms with Crippen LogP contribution in [0.15, 0.2) is 23.1 Å². The van der Waals surface area contributed by atoms with Gasteiger partial charge in [0.1, 0.15) is 0 Å². The second kappa shape index (κ2) is 4.81. The monoisotopic (exact) mass is 288 g/mol. The van der Waals surface area contributed by atoms with E-state index in [1.54, 1.807) is 19.2 Å². The fourth-order valence-electron chi connectivity index (χ4n) is 1.72. The van der Waals surface area contributed by atoms with Crippen LogP contribution in [0.3, 0.4) is 0 Å². The molecule has 1 aliphatic carbocycles. The Labute approximate surface area is 113 Å². The molecule has 1 aromatic rings. The van der Waals surface area contributed by atoms with Gasteiger partial charge < -0.3 is 5.32 Å². The molecular formula is C12H17ClN2O2S. The van der Waals surface area contributed by atoms with Crippen molar-refractivity contribution in [3.8, 4) is 0 Å². The Kier molecular flexibility index (Phi) is 3.69. The Morgan fingerprint density at radius 2 is 2.06 bits per heavy atom. The normalized spacial score (nSPS) is 17.7. The van der Waals surface area contributed by atoms with Gasteiger partial charge in [-0.1, -0.05) is 11.6 Å². The lowest BCUT2D eigenvalue weighted by atomic mass is 10.2. The highest BCUT2D eigenvalue weighted by atomic mass is 35.5. The summed E-state index contributed by atoms with van der Waals surface area (Å²) in [6.07, 6.45) is 1.78. The second-order valence-electron chi connectivity index (χ2n) is 4.95. The number of sulfonamides is 1. The molecule has 0 amide bonds. The maximum Gasteiger partial charge on any atom is 0.241 e. The Balaban J connectivity index is 2.29. The number of nitrogens with one attached hydrogen (secondary N) is 2. The van der Waals surface area contributed by atoms with Gasteiger partial charge in [0.25, 0.3) is 0 Å². The zero-order chi connectivity index (χ0) is 13.4. The standard InChI is InChI=1S/C12H17ClN2O2S/c1-12(5-6-12)15-18(16,17)10-3-4-11(13)9(7-10)8-14-2/h3-4,7,14-15H,5-6,8H2,1-2H3. The molecule has 1 aromatic carbocycles. The Morgan fingerprint density at radius 1 is 1.39 bits per heavy atom. The zero-order valence-electron chi connectivity index (χ0n) is 10.5. The summed E-state index contributed by atoms with van der Waals surface area (Å²) >= 11 is 6.02. The van der Waals surface area contributed by atoms with Crippen LogP contribution in [0.25, 0.3) is 0 Å². The molecule has 0 aliphatic heterocycles. The first kappa shape index (κ1) is 13.8. The smallest absolute Gasteiger partial charge is 0.241 e. The minimum Gasteiger partial charge on any atom is -0.316 e. The molecular weight excluding hydrogens is 272 g/mol. The zero-order valence-corrected chi connectivity index (χ0v) is 12.0. The van der Waals surface area contributed by atoms with Crippen molar-refractivity contribution in [2.45, 2.75) is 36.7 Å². The quantitative estimate of drug-likeness (QED) is 0.870. The predicted molar refractivity (Wildman–Crippen MR) is 72.2 cm³/mol. The fraction of sp³-hybridized carbons (Fsp3) is 0.500. The van der Waals surface area contributed by atoms with Crippen LogP contribution in [0.5, 0.6) is 0 Å². The van der Waals surface area contributed by atoms with Gasteiger partial charge in [-0.3, -0.25) is 0 Å². The van der Waals surface area contributed by atoms with Gasteiger partial charge in [0, 0.05) is 17.1 Å². The van der Waals surface area contributed by atoms with E-state index in [0.29, 0.717) is 11.6 Å². The summed E-state index contributed by atoms with van der Waals surface area (Å²) in [5, 5.41) is 3.53. The Hall–Kier alpha value is -0.620. The predicted octanol–water partition coefficient (Wildman–Crippen LogP) is 1.89. The lowest BCUT2D eigenvalue weighted by Crippen LogP contribution is -2.34. The van der Waals surface area contributed by atoms with Crippen molar-refractivity contribution >= 4 is 21.6 Å². The second-order valence-corrected chi connectivity index (χ2v) is 7.04. The van der Waals surface area contributed by atoms with E-state index in [-0.39, 0.29) is 10.4 Å². The highest BCUT2D eigenvalue weighted by Gasteiger charge is 2.41. The molecule has 6 heteroatoms. The summed E-state index contributed by atoms with van der Waals surface area (Å²) < 4.78 is 27.1. The van der Waals surface area contributed by atoms with Crippen molar-refractivity contribution in [3.63, 3.8) is 0 Å². The van der Waals surface area contributed by atoms with E-state index in [0.717, 1.165) is 18.4 Å². The van der Waals surface area contributed by atoms with Gasteiger partial charge in [-0.05, 0) is 50.6 Å². The van der Waals surface area contributed by atoms with E-state index >= 15 is 0 Å². The van der Waals surface area contributed by atoms with Crippen LogP contribution in [0.1, 0.15) is 25.3 Å². The average molecular weight is 289 g/mol. The number of hydrogen-bond donors (Lipinski definition) is 2. The lowest BCUT2D eigenvalue weighted by molar-refractivity contribution is 0.558. The van der Waals surface area contributed by atoms with Crippen molar-refractivity contribution in [2.24, 2.45) is 0 Å².